The maximum absolute atomic E-state index is 12.5. The first-order valence-corrected chi connectivity index (χ1v) is 9.82. The van der Waals surface area contributed by atoms with Crippen molar-refractivity contribution >= 4 is 38.5 Å². The summed E-state index contributed by atoms with van der Waals surface area (Å²) in [6.45, 7) is 1.92. The Morgan fingerprint density at radius 3 is 2.43 bits per heavy atom. The number of carbonyl (C=O) groups excluding carboxylic acids is 2. The predicted octanol–water partition coefficient (Wildman–Crippen LogP) is 3.56. The molecule has 2 amide bonds. The number of rotatable bonds is 4. The largest absolute Gasteiger partial charge is 0.484 e. The van der Waals surface area contributed by atoms with E-state index in [2.05, 4.69) is 15.9 Å². The van der Waals surface area contributed by atoms with Crippen LogP contribution in [0.15, 0.2) is 63.7 Å². The van der Waals surface area contributed by atoms with Gasteiger partial charge in [0.15, 0.2) is 12.4 Å². The van der Waals surface area contributed by atoms with Crippen molar-refractivity contribution in [1.82, 2.24) is 9.80 Å². The molecule has 0 spiro atoms. The third-order valence-electron chi connectivity index (χ3n) is 4.79. The molecule has 28 heavy (non-hydrogen) atoms. The number of halogens is 1. The van der Waals surface area contributed by atoms with E-state index in [0.29, 0.717) is 37.7 Å². The minimum atomic E-state index is -0.142. The fourth-order valence-electron chi connectivity index (χ4n) is 3.24. The molecule has 3 aromatic rings. The van der Waals surface area contributed by atoms with Crippen molar-refractivity contribution in [2.24, 2.45) is 0 Å². The monoisotopic (exact) mass is 442 g/mol. The molecule has 1 aromatic heterocycles. The predicted molar refractivity (Wildman–Crippen MR) is 108 cm³/mol. The van der Waals surface area contributed by atoms with Gasteiger partial charge in [0.1, 0.15) is 5.75 Å². The topological polar surface area (TPSA) is 63.0 Å². The first-order valence-electron chi connectivity index (χ1n) is 9.03. The molecule has 0 unspecified atom stereocenters. The summed E-state index contributed by atoms with van der Waals surface area (Å²) in [4.78, 5) is 28.2. The Bertz CT molecular complexity index is 995. The second-order valence-corrected chi connectivity index (χ2v) is 7.51. The molecule has 1 aliphatic heterocycles. The molecule has 0 bridgehead atoms. The molecule has 0 N–H and O–H groups in total. The molecule has 7 heteroatoms. The summed E-state index contributed by atoms with van der Waals surface area (Å²) < 4.78 is 11.9. The van der Waals surface area contributed by atoms with Gasteiger partial charge in [-0.3, -0.25) is 9.59 Å². The van der Waals surface area contributed by atoms with E-state index >= 15 is 0 Å². The van der Waals surface area contributed by atoms with Crippen LogP contribution in [-0.4, -0.2) is 54.4 Å². The van der Waals surface area contributed by atoms with Crippen molar-refractivity contribution < 1.29 is 18.7 Å². The van der Waals surface area contributed by atoms with Crippen LogP contribution in [0.4, 0.5) is 0 Å². The number of benzene rings is 2. The third-order valence-corrected chi connectivity index (χ3v) is 5.28. The van der Waals surface area contributed by atoms with Crippen molar-refractivity contribution in [3.63, 3.8) is 0 Å². The van der Waals surface area contributed by atoms with E-state index in [9.17, 15) is 9.59 Å². The SMILES string of the molecule is O=C(COc1ccc2cc(Br)ccc2c1)N1CCN(C(=O)c2ccco2)CC1. The standard InChI is InChI=1S/C21H19BrN2O4/c22-17-5-3-16-13-18(6-4-15(16)12-17)28-14-20(25)23-7-9-24(10-8-23)21(26)19-2-1-11-27-19/h1-6,11-13H,7-10,14H2. The lowest BCUT2D eigenvalue weighted by Crippen LogP contribution is -2.51. The van der Waals surface area contributed by atoms with E-state index in [1.54, 1.807) is 21.9 Å². The normalized spacial score (nSPS) is 14.3. The first kappa shape index (κ1) is 18.6. The fraction of sp³-hybridized carbons (Fsp3) is 0.238. The van der Waals surface area contributed by atoms with Gasteiger partial charge in [0.05, 0.1) is 6.26 Å². The van der Waals surface area contributed by atoms with Gasteiger partial charge >= 0.3 is 0 Å². The van der Waals surface area contributed by atoms with Crippen LogP contribution in [0, 0.1) is 0 Å². The minimum Gasteiger partial charge on any atom is -0.484 e. The Labute approximate surface area is 170 Å². The Morgan fingerprint density at radius 2 is 1.68 bits per heavy atom. The molecule has 0 aliphatic carbocycles. The Kier molecular flexibility index (Phi) is 5.34. The Hall–Kier alpha value is -2.80. The highest BCUT2D eigenvalue weighted by molar-refractivity contribution is 9.10. The fourth-order valence-corrected chi connectivity index (χ4v) is 3.61. The second-order valence-electron chi connectivity index (χ2n) is 6.59. The molecular weight excluding hydrogens is 424 g/mol. The number of nitrogens with zero attached hydrogens (tertiary/aromatic N) is 2. The summed E-state index contributed by atoms with van der Waals surface area (Å²) in [5.41, 5.74) is 0. The lowest BCUT2D eigenvalue weighted by Gasteiger charge is -2.34. The Morgan fingerprint density at radius 1 is 0.964 bits per heavy atom. The number of furan rings is 1. The highest BCUT2D eigenvalue weighted by atomic mass is 79.9. The number of ether oxygens (including phenoxy) is 1. The highest BCUT2D eigenvalue weighted by Gasteiger charge is 2.26. The molecule has 6 nitrogen and oxygen atoms in total. The molecule has 2 aromatic carbocycles. The van der Waals surface area contributed by atoms with E-state index < -0.39 is 0 Å². The summed E-state index contributed by atoms with van der Waals surface area (Å²) in [6.07, 6.45) is 1.48. The van der Waals surface area contributed by atoms with Crippen molar-refractivity contribution in [3.8, 4) is 5.75 Å². The second kappa shape index (κ2) is 8.06. The van der Waals surface area contributed by atoms with E-state index in [1.165, 1.54) is 6.26 Å². The lowest BCUT2D eigenvalue weighted by molar-refractivity contribution is -0.134. The maximum Gasteiger partial charge on any atom is 0.289 e. The average molecular weight is 443 g/mol. The molecule has 0 atom stereocenters. The number of carbonyl (C=O) groups is 2. The summed E-state index contributed by atoms with van der Waals surface area (Å²) in [7, 11) is 0. The summed E-state index contributed by atoms with van der Waals surface area (Å²) in [5.74, 6) is 0.762. The van der Waals surface area contributed by atoms with Crippen LogP contribution in [0.25, 0.3) is 10.8 Å². The van der Waals surface area contributed by atoms with Crippen LogP contribution in [0.2, 0.25) is 0 Å². The number of piperazine rings is 1. The zero-order valence-electron chi connectivity index (χ0n) is 15.1. The molecule has 144 valence electrons. The van der Waals surface area contributed by atoms with E-state index in [0.717, 1.165) is 15.2 Å². The van der Waals surface area contributed by atoms with Gasteiger partial charge in [-0.2, -0.15) is 0 Å². The molecule has 1 saturated heterocycles. The van der Waals surface area contributed by atoms with Crippen molar-refractivity contribution in [1.29, 1.82) is 0 Å². The number of amides is 2. The minimum absolute atomic E-state index is 0.0197. The molecule has 0 radical (unpaired) electrons. The van der Waals surface area contributed by atoms with E-state index in [1.807, 2.05) is 36.4 Å². The van der Waals surface area contributed by atoms with Gasteiger partial charge in [0.2, 0.25) is 0 Å². The van der Waals surface area contributed by atoms with Crippen molar-refractivity contribution in [3.05, 3.63) is 65.0 Å². The van der Waals surface area contributed by atoms with E-state index in [-0.39, 0.29) is 18.4 Å². The van der Waals surface area contributed by atoms with Gasteiger partial charge < -0.3 is 19.0 Å². The number of hydrogen-bond acceptors (Lipinski definition) is 4. The molecule has 4 rings (SSSR count). The smallest absolute Gasteiger partial charge is 0.289 e. The van der Waals surface area contributed by atoms with Crippen LogP contribution in [0.3, 0.4) is 0 Å². The first-order chi connectivity index (χ1) is 13.6. The number of fused-ring (bicyclic) bond motifs is 1. The van der Waals surface area contributed by atoms with E-state index in [4.69, 9.17) is 9.15 Å². The van der Waals surface area contributed by atoms with Gasteiger partial charge in [0, 0.05) is 30.7 Å². The zero-order chi connectivity index (χ0) is 19.5. The van der Waals surface area contributed by atoms with Crippen molar-refractivity contribution in [2.45, 2.75) is 0 Å². The van der Waals surface area contributed by atoms with Gasteiger partial charge in [-0.15, -0.1) is 0 Å². The summed E-state index contributed by atoms with van der Waals surface area (Å²) >= 11 is 3.46. The van der Waals surface area contributed by atoms with Gasteiger partial charge in [-0.05, 0) is 47.2 Å². The van der Waals surface area contributed by atoms with Crippen LogP contribution in [0.1, 0.15) is 10.6 Å². The summed E-state index contributed by atoms with van der Waals surface area (Å²) in [5, 5.41) is 2.16. The quantitative estimate of drug-likeness (QED) is 0.619. The lowest BCUT2D eigenvalue weighted by atomic mass is 10.1. The van der Waals surface area contributed by atoms with Crippen LogP contribution in [-0.2, 0) is 4.79 Å². The number of hydrogen-bond donors (Lipinski definition) is 0. The zero-order valence-corrected chi connectivity index (χ0v) is 16.7. The molecule has 2 heterocycles. The average Bonchev–Trinajstić information content (AvgIpc) is 3.26. The van der Waals surface area contributed by atoms with Crippen LogP contribution in [0.5, 0.6) is 5.75 Å². The maximum atomic E-state index is 12.5. The van der Waals surface area contributed by atoms with Crippen molar-refractivity contribution in [2.75, 3.05) is 32.8 Å². The third kappa shape index (κ3) is 4.04. The molecular formula is C21H19BrN2O4. The van der Waals surface area contributed by atoms with Crippen LogP contribution >= 0.6 is 15.9 Å². The highest BCUT2D eigenvalue weighted by Crippen LogP contribution is 2.24. The van der Waals surface area contributed by atoms with Gasteiger partial charge in [-0.25, -0.2) is 0 Å². The van der Waals surface area contributed by atoms with Gasteiger partial charge in [0.25, 0.3) is 11.8 Å². The molecule has 1 fully saturated rings. The molecule has 1 aliphatic rings. The summed E-state index contributed by atoms with van der Waals surface area (Å²) in [6, 6.07) is 15.1. The van der Waals surface area contributed by atoms with Gasteiger partial charge in [-0.1, -0.05) is 28.1 Å². The molecule has 0 saturated carbocycles. The Balaban J connectivity index is 1.30. The van der Waals surface area contributed by atoms with Crippen LogP contribution < -0.4 is 4.74 Å².